The van der Waals surface area contributed by atoms with E-state index in [1.165, 1.54) is 4.88 Å². The fourth-order valence-corrected chi connectivity index (χ4v) is 4.42. The number of carbonyl (C=O) groups is 1. The molecule has 0 spiro atoms. The Bertz CT molecular complexity index is 1220. The Balaban J connectivity index is 1.54. The van der Waals surface area contributed by atoms with Crippen LogP contribution in [0.5, 0.6) is 5.75 Å². The molecule has 0 bridgehead atoms. The molecule has 3 heterocycles. The number of likely N-dealkylation sites (N-methyl/N-ethyl adjacent to an activating group) is 1. The summed E-state index contributed by atoms with van der Waals surface area (Å²) in [5.41, 5.74) is 2.67. The molecule has 4 rings (SSSR count). The summed E-state index contributed by atoms with van der Waals surface area (Å²) in [7, 11) is 0. The zero-order valence-corrected chi connectivity index (χ0v) is 20.1. The Labute approximate surface area is 198 Å². The molecule has 0 atom stereocenters. The van der Waals surface area contributed by atoms with Gasteiger partial charge in [0, 0.05) is 17.1 Å². The van der Waals surface area contributed by atoms with Gasteiger partial charge in [0.25, 0.3) is 5.91 Å². The van der Waals surface area contributed by atoms with E-state index in [1.54, 1.807) is 23.6 Å². The summed E-state index contributed by atoms with van der Waals surface area (Å²) < 4.78 is 7.84. The number of fused-ring (bicyclic) bond motifs is 1. The first-order valence-electron chi connectivity index (χ1n) is 11.2. The number of hydrogen-bond donors (Lipinski definition) is 1. The molecule has 0 fully saturated rings. The van der Waals surface area contributed by atoms with Gasteiger partial charge in [-0.2, -0.15) is 5.10 Å². The van der Waals surface area contributed by atoms with Crippen molar-refractivity contribution in [3.05, 3.63) is 70.2 Å². The second-order valence-corrected chi connectivity index (χ2v) is 8.79. The maximum Gasteiger partial charge on any atom is 0.256 e. The first-order chi connectivity index (χ1) is 16.1. The molecule has 1 N–H and O–H groups in total. The van der Waals surface area contributed by atoms with Crippen molar-refractivity contribution in [2.45, 2.75) is 27.3 Å². The van der Waals surface area contributed by atoms with Crippen LogP contribution in [0.1, 0.15) is 34.8 Å². The van der Waals surface area contributed by atoms with Gasteiger partial charge in [0.1, 0.15) is 12.4 Å². The molecule has 0 saturated carbocycles. The summed E-state index contributed by atoms with van der Waals surface area (Å²) in [6.45, 7) is 10.2. The minimum Gasteiger partial charge on any atom is -0.490 e. The number of aromatic nitrogens is 3. The van der Waals surface area contributed by atoms with Crippen molar-refractivity contribution < 1.29 is 9.53 Å². The topological polar surface area (TPSA) is 72.3 Å². The molecule has 172 valence electrons. The minimum atomic E-state index is -0.207. The normalized spacial score (nSPS) is 11.3. The molecule has 0 radical (unpaired) electrons. The standard InChI is InChI=1S/C25H29N5O2S/c1-4-29(5-2)12-13-32-23-11-7-6-10-22(23)28-25(31)20-15-18(3)27-24-21(20)16-26-30(24)17-19-9-8-14-33-19/h6-11,14-16H,4-5,12-13,17H2,1-3H3,(H,28,31). The highest BCUT2D eigenvalue weighted by Crippen LogP contribution is 2.26. The van der Waals surface area contributed by atoms with E-state index in [1.807, 2.05) is 47.3 Å². The minimum absolute atomic E-state index is 0.207. The SMILES string of the molecule is CCN(CC)CCOc1ccccc1NC(=O)c1cc(C)nc2c1cnn2Cc1cccs1. The third-order valence-electron chi connectivity index (χ3n) is 5.56. The van der Waals surface area contributed by atoms with Crippen LogP contribution < -0.4 is 10.1 Å². The summed E-state index contributed by atoms with van der Waals surface area (Å²) in [5, 5.41) is 10.3. The Morgan fingerprint density at radius 1 is 1.18 bits per heavy atom. The van der Waals surface area contributed by atoms with Gasteiger partial charge in [-0.1, -0.05) is 32.0 Å². The molecule has 1 aromatic carbocycles. The summed E-state index contributed by atoms with van der Waals surface area (Å²) >= 11 is 1.67. The molecule has 0 unspecified atom stereocenters. The predicted molar refractivity (Wildman–Crippen MR) is 133 cm³/mol. The van der Waals surface area contributed by atoms with Crippen LogP contribution in [0.4, 0.5) is 5.69 Å². The van der Waals surface area contributed by atoms with Gasteiger partial charge in [-0.05, 0) is 49.7 Å². The Hall–Kier alpha value is -3.23. The number of benzene rings is 1. The molecular weight excluding hydrogens is 434 g/mol. The summed E-state index contributed by atoms with van der Waals surface area (Å²) in [6, 6.07) is 13.4. The molecule has 0 aliphatic carbocycles. The number of pyridine rings is 1. The van der Waals surface area contributed by atoms with Crippen LogP contribution in [0.25, 0.3) is 11.0 Å². The van der Waals surface area contributed by atoms with E-state index >= 15 is 0 Å². The molecule has 4 aromatic rings. The van der Waals surface area contributed by atoms with Crippen molar-refractivity contribution in [1.29, 1.82) is 0 Å². The van der Waals surface area contributed by atoms with E-state index in [0.29, 0.717) is 35.8 Å². The second kappa shape index (κ2) is 10.6. The lowest BCUT2D eigenvalue weighted by molar-refractivity contribution is 0.102. The molecule has 0 aliphatic rings. The third-order valence-corrected chi connectivity index (χ3v) is 6.42. The van der Waals surface area contributed by atoms with Crippen molar-refractivity contribution in [3.63, 3.8) is 0 Å². The molecule has 7 nitrogen and oxygen atoms in total. The number of thiophene rings is 1. The Morgan fingerprint density at radius 2 is 2.00 bits per heavy atom. The quantitative estimate of drug-likeness (QED) is 0.365. The van der Waals surface area contributed by atoms with Crippen LogP contribution in [0.2, 0.25) is 0 Å². The van der Waals surface area contributed by atoms with Crippen LogP contribution in [-0.2, 0) is 6.54 Å². The number of aryl methyl sites for hydroxylation is 1. The predicted octanol–water partition coefficient (Wildman–Crippen LogP) is 4.82. The average molecular weight is 464 g/mol. The third kappa shape index (κ3) is 5.40. The van der Waals surface area contributed by atoms with E-state index in [-0.39, 0.29) is 5.91 Å². The number of rotatable bonds is 10. The van der Waals surface area contributed by atoms with Gasteiger partial charge in [0.2, 0.25) is 0 Å². The van der Waals surface area contributed by atoms with Crippen LogP contribution >= 0.6 is 11.3 Å². The molecule has 33 heavy (non-hydrogen) atoms. The molecule has 3 aromatic heterocycles. The highest BCUT2D eigenvalue weighted by Gasteiger charge is 2.17. The number of nitrogens with one attached hydrogen (secondary N) is 1. The van der Waals surface area contributed by atoms with Crippen LogP contribution in [0.3, 0.4) is 0 Å². The zero-order valence-electron chi connectivity index (χ0n) is 19.2. The number of nitrogens with zero attached hydrogens (tertiary/aromatic N) is 4. The van der Waals surface area contributed by atoms with Gasteiger partial charge in [-0.15, -0.1) is 11.3 Å². The zero-order chi connectivity index (χ0) is 23.2. The van der Waals surface area contributed by atoms with Crippen molar-refractivity contribution >= 4 is 34.0 Å². The Kier molecular flexibility index (Phi) is 7.36. The number of hydrogen-bond acceptors (Lipinski definition) is 6. The summed E-state index contributed by atoms with van der Waals surface area (Å²) in [6.07, 6.45) is 1.72. The van der Waals surface area contributed by atoms with Crippen molar-refractivity contribution in [2.75, 3.05) is 31.6 Å². The van der Waals surface area contributed by atoms with Gasteiger partial charge in [-0.25, -0.2) is 9.67 Å². The van der Waals surface area contributed by atoms with Crippen molar-refractivity contribution in [1.82, 2.24) is 19.7 Å². The largest absolute Gasteiger partial charge is 0.490 e. The van der Waals surface area contributed by atoms with Gasteiger partial charge >= 0.3 is 0 Å². The highest BCUT2D eigenvalue weighted by molar-refractivity contribution is 7.09. The van der Waals surface area contributed by atoms with Gasteiger partial charge in [0.05, 0.1) is 29.4 Å². The number of anilines is 1. The van der Waals surface area contributed by atoms with E-state index in [9.17, 15) is 4.79 Å². The van der Waals surface area contributed by atoms with Gasteiger partial charge in [-0.3, -0.25) is 4.79 Å². The number of para-hydroxylation sites is 2. The van der Waals surface area contributed by atoms with Crippen LogP contribution in [-0.4, -0.2) is 51.8 Å². The van der Waals surface area contributed by atoms with E-state index in [4.69, 9.17) is 4.74 Å². The van der Waals surface area contributed by atoms with Gasteiger partial charge < -0.3 is 15.0 Å². The fourth-order valence-electron chi connectivity index (χ4n) is 3.74. The summed E-state index contributed by atoms with van der Waals surface area (Å²) in [5.74, 6) is 0.453. The Morgan fingerprint density at radius 3 is 2.76 bits per heavy atom. The van der Waals surface area contributed by atoms with Crippen molar-refractivity contribution in [3.8, 4) is 5.75 Å². The lowest BCUT2D eigenvalue weighted by atomic mass is 10.1. The molecule has 8 heteroatoms. The van der Waals surface area contributed by atoms with E-state index < -0.39 is 0 Å². The lowest BCUT2D eigenvalue weighted by Gasteiger charge is -2.19. The van der Waals surface area contributed by atoms with Crippen LogP contribution in [0, 0.1) is 6.92 Å². The molecule has 0 aliphatic heterocycles. The smallest absolute Gasteiger partial charge is 0.256 e. The van der Waals surface area contributed by atoms with Crippen molar-refractivity contribution in [2.24, 2.45) is 0 Å². The highest BCUT2D eigenvalue weighted by atomic mass is 32.1. The lowest BCUT2D eigenvalue weighted by Crippen LogP contribution is -2.28. The number of amides is 1. The second-order valence-electron chi connectivity index (χ2n) is 7.76. The molecular formula is C25H29N5O2S. The fraction of sp³-hybridized carbons (Fsp3) is 0.320. The van der Waals surface area contributed by atoms with Gasteiger partial charge in [0.15, 0.2) is 5.65 Å². The van der Waals surface area contributed by atoms with E-state index in [0.717, 1.165) is 30.7 Å². The first kappa shape index (κ1) is 22.9. The maximum atomic E-state index is 13.3. The first-order valence-corrected chi connectivity index (χ1v) is 12.1. The molecule has 1 amide bonds. The molecule has 0 saturated heterocycles. The monoisotopic (exact) mass is 463 g/mol. The number of ether oxygens (including phenoxy) is 1. The summed E-state index contributed by atoms with van der Waals surface area (Å²) in [4.78, 5) is 21.4. The average Bonchev–Trinajstić information content (AvgIpc) is 3.48. The maximum absolute atomic E-state index is 13.3. The van der Waals surface area contributed by atoms with E-state index in [2.05, 4.69) is 40.2 Å². The van der Waals surface area contributed by atoms with Crippen LogP contribution in [0.15, 0.2) is 54.0 Å². The number of carbonyl (C=O) groups excluding carboxylic acids is 1.